The fourth-order valence-corrected chi connectivity index (χ4v) is 2.81. The smallest absolute Gasteiger partial charge is 0.242 e. The van der Waals surface area contributed by atoms with Crippen molar-refractivity contribution in [2.45, 2.75) is 19.4 Å². The van der Waals surface area contributed by atoms with Gasteiger partial charge in [-0.05, 0) is 32.0 Å². The minimum Gasteiger partial charge on any atom is -0.394 e. The van der Waals surface area contributed by atoms with Gasteiger partial charge in [-0.25, -0.2) is 0 Å². The molecule has 0 aliphatic carbocycles. The van der Waals surface area contributed by atoms with Crippen LogP contribution in [-0.2, 0) is 4.79 Å². The summed E-state index contributed by atoms with van der Waals surface area (Å²) in [5.74, 6) is -0.00775. The number of aryl methyl sites for hydroxylation is 1. The molecule has 0 aromatic heterocycles. The molecule has 5 nitrogen and oxygen atoms in total. The Balaban J connectivity index is 0.00000242. The first-order valence-corrected chi connectivity index (χ1v) is 7.55. The fourth-order valence-electron chi connectivity index (χ4n) is 2.81. The summed E-state index contributed by atoms with van der Waals surface area (Å²) >= 11 is 0. The Labute approximate surface area is 150 Å². The molecule has 0 spiro atoms. The summed E-state index contributed by atoms with van der Waals surface area (Å²) in [7, 11) is 1.70. The topological polar surface area (TPSA) is 55.8 Å². The number of aliphatic hydroxyl groups is 1. The maximum Gasteiger partial charge on any atom is 0.242 e. The van der Waals surface area contributed by atoms with Crippen LogP contribution in [0, 0.1) is 6.92 Å². The molecule has 1 atom stereocenters. The summed E-state index contributed by atoms with van der Waals surface area (Å²) in [4.78, 5) is 16.5. The van der Waals surface area contributed by atoms with Crippen LogP contribution in [0.1, 0.15) is 12.0 Å². The second-order valence-electron chi connectivity index (χ2n) is 5.48. The molecule has 132 valence electrons. The lowest BCUT2D eigenvalue weighted by molar-refractivity contribution is -0.134. The van der Waals surface area contributed by atoms with Crippen LogP contribution in [-0.4, -0.2) is 61.8 Å². The Bertz CT molecular complexity index is 484. The van der Waals surface area contributed by atoms with E-state index in [4.69, 9.17) is 0 Å². The number of para-hydroxylation sites is 1. The zero-order valence-corrected chi connectivity index (χ0v) is 15.3. The number of likely N-dealkylation sites (N-methyl/N-ethyl adjacent to an activating group) is 1. The summed E-state index contributed by atoms with van der Waals surface area (Å²) in [6.45, 7) is 5.19. The molecule has 1 saturated heterocycles. The van der Waals surface area contributed by atoms with Gasteiger partial charge in [0.1, 0.15) is 6.04 Å². The van der Waals surface area contributed by atoms with Crippen molar-refractivity contribution in [2.75, 3.05) is 44.7 Å². The molecule has 0 bridgehead atoms. The van der Waals surface area contributed by atoms with E-state index in [0.717, 1.165) is 26.1 Å². The summed E-state index contributed by atoms with van der Waals surface area (Å²) in [5, 5.41) is 12.1. The molecule has 1 aliphatic heterocycles. The third-order valence-corrected chi connectivity index (χ3v) is 4.09. The standard InChI is InChI=1S/C16H25N3O2.2ClH/c1-13-6-3-4-7-15(13)18-8-5-9-19(11-10-18)16(21)14(12-20)17-2;;/h3-4,6-7,14,17,20H,5,8-12H2,1-2H3;2*1H/t14-;;/m0../s1. The summed E-state index contributed by atoms with van der Waals surface area (Å²) < 4.78 is 0. The van der Waals surface area contributed by atoms with Crippen LogP contribution in [0.25, 0.3) is 0 Å². The first kappa shape index (κ1) is 22.0. The van der Waals surface area contributed by atoms with Crippen molar-refractivity contribution in [3.05, 3.63) is 29.8 Å². The van der Waals surface area contributed by atoms with Crippen molar-refractivity contribution in [3.63, 3.8) is 0 Å². The van der Waals surface area contributed by atoms with Crippen LogP contribution in [0.4, 0.5) is 5.69 Å². The number of hydrogen-bond donors (Lipinski definition) is 2. The van der Waals surface area contributed by atoms with Crippen LogP contribution < -0.4 is 10.2 Å². The largest absolute Gasteiger partial charge is 0.394 e. The highest BCUT2D eigenvalue weighted by Crippen LogP contribution is 2.21. The van der Waals surface area contributed by atoms with Crippen molar-refractivity contribution >= 4 is 36.4 Å². The number of rotatable bonds is 4. The minimum absolute atomic E-state index is 0. The van der Waals surface area contributed by atoms with Gasteiger partial charge in [0.15, 0.2) is 0 Å². The molecule has 23 heavy (non-hydrogen) atoms. The number of carbonyl (C=O) groups excluding carboxylic acids is 1. The van der Waals surface area contributed by atoms with Crippen LogP contribution in [0.15, 0.2) is 24.3 Å². The lowest BCUT2D eigenvalue weighted by Gasteiger charge is -2.26. The number of nitrogens with one attached hydrogen (secondary N) is 1. The molecule has 1 aliphatic rings. The maximum atomic E-state index is 12.3. The highest BCUT2D eigenvalue weighted by molar-refractivity contribution is 5.85. The van der Waals surface area contributed by atoms with E-state index in [1.807, 2.05) is 11.0 Å². The molecule has 7 heteroatoms. The molecule has 2 N–H and O–H groups in total. The number of carbonyl (C=O) groups is 1. The molecule has 1 aromatic carbocycles. The van der Waals surface area contributed by atoms with Crippen LogP contribution in [0.3, 0.4) is 0 Å². The zero-order chi connectivity index (χ0) is 15.2. The second-order valence-corrected chi connectivity index (χ2v) is 5.48. The highest BCUT2D eigenvalue weighted by Gasteiger charge is 2.24. The van der Waals surface area contributed by atoms with Gasteiger partial charge in [0.25, 0.3) is 0 Å². The number of halogens is 2. The molecule has 1 heterocycles. The van der Waals surface area contributed by atoms with Gasteiger partial charge in [0.2, 0.25) is 5.91 Å². The van der Waals surface area contributed by atoms with E-state index in [0.29, 0.717) is 6.54 Å². The van der Waals surface area contributed by atoms with Crippen LogP contribution >= 0.6 is 24.8 Å². The van der Waals surface area contributed by atoms with Gasteiger partial charge in [-0.2, -0.15) is 0 Å². The highest BCUT2D eigenvalue weighted by atomic mass is 35.5. The van der Waals surface area contributed by atoms with Crippen LogP contribution in [0.2, 0.25) is 0 Å². The molecule has 0 radical (unpaired) electrons. The molecule has 0 saturated carbocycles. The van der Waals surface area contributed by atoms with Crippen molar-refractivity contribution in [2.24, 2.45) is 0 Å². The van der Waals surface area contributed by atoms with E-state index in [9.17, 15) is 9.90 Å². The van der Waals surface area contributed by atoms with E-state index < -0.39 is 6.04 Å². The summed E-state index contributed by atoms with van der Waals surface area (Å²) in [6.07, 6.45) is 0.946. The first-order chi connectivity index (χ1) is 10.2. The molecular weight excluding hydrogens is 337 g/mol. The van der Waals surface area contributed by atoms with Crippen molar-refractivity contribution in [1.82, 2.24) is 10.2 Å². The average Bonchev–Trinajstić information content (AvgIpc) is 2.75. The monoisotopic (exact) mass is 363 g/mol. The maximum absolute atomic E-state index is 12.3. The van der Waals surface area contributed by atoms with Crippen LogP contribution in [0.5, 0.6) is 0 Å². The number of benzene rings is 1. The van der Waals surface area contributed by atoms with Gasteiger partial charge in [-0.3, -0.25) is 4.79 Å². The quantitative estimate of drug-likeness (QED) is 0.850. The fraction of sp³-hybridized carbons (Fsp3) is 0.562. The van der Waals surface area contributed by atoms with Gasteiger partial charge in [-0.15, -0.1) is 24.8 Å². The Morgan fingerprint density at radius 3 is 2.52 bits per heavy atom. The number of nitrogens with zero attached hydrogens (tertiary/aromatic N) is 2. The van der Waals surface area contributed by atoms with Gasteiger partial charge in [-0.1, -0.05) is 18.2 Å². The molecule has 0 unspecified atom stereocenters. The lowest BCUT2D eigenvalue weighted by atomic mass is 10.2. The van der Waals surface area contributed by atoms with E-state index in [1.54, 1.807) is 7.05 Å². The zero-order valence-electron chi connectivity index (χ0n) is 13.7. The number of aliphatic hydroxyl groups excluding tert-OH is 1. The average molecular weight is 364 g/mol. The third kappa shape index (κ3) is 5.53. The van der Waals surface area contributed by atoms with E-state index >= 15 is 0 Å². The van der Waals surface area contributed by atoms with E-state index in [-0.39, 0.29) is 37.3 Å². The van der Waals surface area contributed by atoms with Gasteiger partial charge in [0.05, 0.1) is 6.61 Å². The van der Waals surface area contributed by atoms with Crippen molar-refractivity contribution < 1.29 is 9.90 Å². The summed E-state index contributed by atoms with van der Waals surface area (Å²) in [5.41, 5.74) is 2.51. The summed E-state index contributed by atoms with van der Waals surface area (Å²) in [6, 6.07) is 7.86. The molecule has 1 aromatic rings. The number of hydrogen-bond acceptors (Lipinski definition) is 4. The minimum atomic E-state index is -0.491. The Hall–Kier alpha value is -1.01. The first-order valence-electron chi connectivity index (χ1n) is 7.55. The van der Waals surface area contributed by atoms with Gasteiger partial charge < -0.3 is 20.2 Å². The Kier molecular flexibility index (Phi) is 10.2. The van der Waals surface area contributed by atoms with Gasteiger partial charge >= 0.3 is 0 Å². The van der Waals surface area contributed by atoms with Crippen molar-refractivity contribution in [3.8, 4) is 0 Å². The predicted octanol–water partition coefficient (Wildman–Crippen LogP) is 1.46. The molecule has 2 rings (SSSR count). The normalized spacial score (nSPS) is 16.0. The SMILES string of the molecule is CN[C@@H](CO)C(=O)N1CCCN(c2ccccc2C)CC1.Cl.Cl. The molecule has 1 fully saturated rings. The number of amides is 1. The number of anilines is 1. The third-order valence-electron chi connectivity index (χ3n) is 4.09. The van der Waals surface area contributed by atoms with E-state index in [2.05, 4.69) is 35.3 Å². The Morgan fingerprint density at radius 1 is 1.22 bits per heavy atom. The Morgan fingerprint density at radius 2 is 1.91 bits per heavy atom. The lowest BCUT2D eigenvalue weighted by Crippen LogP contribution is -2.48. The van der Waals surface area contributed by atoms with Gasteiger partial charge in [0, 0.05) is 31.9 Å². The van der Waals surface area contributed by atoms with E-state index in [1.165, 1.54) is 11.3 Å². The predicted molar refractivity (Wildman–Crippen MR) is 99.0 cm³/mol. The van der Waals surface area contributed by atoms with Crippen molar-refractivity contribution in [1.29, 1.82) is 0 Å². The second kappa shape index (κ2) is 10.7. The molecule has 1 amide bonds. The molecular formula is C16H27Cl2N3O2.